The molecule has 2 atom stereocenters. The Labute approximate surface area is 119 Å². The van der Waals surface area contributed by atoms with E-state index in [1.165, 1.54) is 25.0 Å². The number of benzene rings is 1. The molecule has 0 spiro atoms. The molecule has 0 aliphatic carbocycles. The van der Waals surface area contributed by atoms with Crippen LogP contribution in [-0.4, -0.2) is 23.0 Å². The molecule has 4 heteroatoms. The first-order chi connectivity index (χ1) is 9.08. The van der Waals surface area contributed by atoms with Crippen molar-refractivity contribution < 1.29 is 4.79 Å². The van der Waals surface area contributed by atoms with Gasteiger partial charge in [0.25, 0.3) is 5.91 Å². The highest BCUT2D eigenvalue weighted by Gasteiger charge is 2.22. The Bertz CT molecular complexity index is 455. The Hall–Kier alpha value is -1.16. The summed E-state index contributed by atoms with van der Waals surface area (Å²) in [5, 5.41) is 3.66. The van der Waals surface area contributed by atoms with Crippen LogP contribution in [0.3, 0.4) is 0 Å². The lowest BCUT2D eigenvalue weighted by Gasteiger charge is -2.28. The van der Waals surface area contributed by atoms with Gasteiger partial charge in [0.1, 0.15) is 0 Å². The third-order valence-electron chi connectivity index (χ3n) is 3.64. The molecule has 2 rings (SSSR count). The summed E-state index contributed by atoms with van der Waals surface area (Å²) in [6, 6.07) is 5.68. The Morgan fingerprint density at radius 2 is 2.26 bits per heavy atom. The molecule has 0 aromatic heterocycles. The number of carbonyl (C=O) groups is 1. The monoisotopic (exact) mass is 278 g/mol. The third-order valence-corrected chi connectivity index (χ3v) is 5.23. The van der Waals surface area contributed by atoms with Crippen molar-refractivity contribution in [3.05, 3.63) is 29.3 Å². The fraction of sp³-hybridized carbons (Fsp3) is 0.533. The molecule has 1 fully saturated rings. The smallest absolute Gasteiger partial charge is 0.251 e. The Morgan fingerprint density at radius 3 is 2.95 bits per heavy atom. The first-order valence-electron chi connectivity index (χ1n) is 6.86. The molecule has 1 amide bonds. The van der Waals surface area contributed by atoms with Crippen LogP contribution in [0.25, 0.3) is 0 Å². The fourth-order valence-corrected chi connectivity index (χ4v) is 3.79. The van der Waals surface area contributed by atoms with Gasteiger partial charge in [-0.1, -0.05) is 12.5 Å². The number of hydrogen-bond donors (Lipinski definition) is 2. The van der Waals surface area contributed by atoms with E-state index in [0.29, 0.717) is 16.5 Å². The van der Waals surface area contributed by atoms with Crippen molar-refractivity contribution in [3.8, 4) is 0 Å². The van der Waals surface area contributed by atoms with Crippen molar-refractivity contribution in [3.63, 3.8) is 0 Å². The maximum atomic E-state index is 12.3. The largest absolute Gasteiger partial charge is 0.399 e. The average molecular weight is 278 g/mol. The highest BCUT2D eigenvalue weighted by Crippen LogP contribution is 2.27. The fourth-order valence-electron chi connectivity index (χ4n) is 2.42. The summed E-state index contributed by atoms with van der Waals surface area (Å²) in [6.45, 7) is 4.04. The number of anilines is 1. The number of nitrogens with two attached hydrogens (primary N) is 1. The first-order valence-corrected chi connectivity index (χ1v) is 7.91. The highest BCUT2D eigenvalue weighted by molar-refractivity contribution is 8.00. The van der Waals surface area contributed by atoms with Gasteiger partial charge in [0, 0.05) is 22.5 Å². The summed E-state index contributed by atoms with van der Waals surface area (Å²) in [4.78, 5) is 12.3. The maximum Gasteiger partial charge on any atom is 0.251 e. The van der Waals surface area contributed by atoms with E-state index in [0.717, 1.165) is 5.56 Å². The normalized spacial score (nSPS) is 20.8. The van der Waals surface area contributed by atoms with Crippen LogP contribution >= 0.6 is 11.8 Å². The van der Waals surface area contributed by atoms with Gasteiger partial charge in [0.05, 0.1) is 0 Å². The van der Waals surface area contributed by atoms with Crippen molar-refractivity contribution >= 4 is 23.4 Å². The van der Waals surface area contributed by atoms with E-state index in [-0.39, 0.29) is 11.9 Å². The van der Waals surface area contributed by atoms with Crippen molar-refractivity contribution in [2.24, 2.45) is 0 Å². The van der Waals surface area contributed by atoms with Crippen LogP contribution in [0.4, 0.5) is 5.69 Å². The lowest BCUT2D eigenvalue weighted by atomic mass is 10.1. The Kier molecular flexibility index (Phi) is 4.75. The van der Waals surface area contributed by atoms with Crippen LogP contribution in [-0.2, 0) is 0 Å². The third kappa shape index (κ3) is 3.66. The summed E-state index contributed by atoms with van der Waals surface area (Å²) < 4.78 is 0. The molecule has 19 heavy (non-hydrogen) atoms. The summed E-state index contributed by atoms with van der Waals surface area (Å²) in [6.07, 6.45) is 3.77. The van der Waals surface area contributed by atoms with E-state index in [9.17, 15) is 4.79 Å². The lowest BCUT2D eigenvalue weighted by molar-refractivity contribution is 0.0938. The summed E-state index contributed by atoms with van der Waals surface area (Å²) >= 11 is 1.98. The molecule has 3 nitrogen and oxygen atoms in total. The van der Waals surface area contributed by atoms with Gasteiger partial charge in [-0.2, -0.15) is 11.8 Å². The number of rotatable bonds is 3. The highest BCUT2D eigenvalue weighted by atomic mass is 32.2. The Balaban J connectivity index is 2.01. The zero-order chi connectivity index (χ0) is 13.8. The van der Waals surface area contributed by atoms with Crippen molar-refractivity contribution in [1.82, 2.24) is 5.32 Å². The number of carbonyl (C=O) groups excluding carboxylic acids is 1. The van der Waals surface area contributed by atoms with Gasteiger partial charge >= 0.3 is 0 Å². The number of amides is 1. The van der Waals surface area contributed by atoms with Crippen LogP contribution in [0.5, 0.6) is 0 Å². The zero-order valence-corrected chi connectivity index (χ0v) is 12.4. The minimum absolute atomic E-state index is 0.0107. The molecule has 0 saturated carbocycles. The average Bonchev–Trinajstić information content (AvgIpc) is 2.42. The van der Waals surface area contributed by atoms with E-state index in [1.54, 1.807) is 6.07 Å². The van der Waals surface area contributed by atoms with E-state index in [2.05, 4.69) is 12.2 Å². The van der Waals surface area contributed by atoms with Gasteiger partial charge < -0.3 is 11.1 Å². The number of aryl methyl sites for hydroxylation is 1. The number of hydrogen-bond acceptors (Lipinski definition) is 3. The molecule has 1 aromatic rings. The minimum Gasteiger partial charge on any atom is -0.399 e. The molecule has 1 heterocycles. The van der Waals surface area contributed by atoms with Crippen LogP contribution in [0, 0.1) is 6.92 Å². The van der Waals surface area contributed by atoms with Crippen LogP contribution in [0.1, 0.15) is 42.1 Å². The minimum atomic E-state index is -0.0107. The van der Waals surface area contributed by atoms with Gasteiger partial charge in [-0.05, 0) is 50.1 Å². The molecule has 104 valence electrons. The van der Waals surface area contributed by atoms with E-state index in [4.69, 9.17) is 5.73 Å². The second-order valence-corrected chi connectivity index (χ2v) is 6.59. The van der Waals surface area contributed by atoms with Crippen LogP contribution < -0.4 is 11.1 Å². The van der Waals surface area contributed by atoms with Crippen molar-refractivity contribution in [2.75, 3.05) is 11.5 Å². The van der Waals surface area contributed by atoms with E-state index < -0.39 is 0 Å². The molecule has 1 aromatic carbocycles. The summed E-state index contributed by atoms with van der Waals surface area (Å²) in [5.74, 6) is 1.20. The molecule has 1 aliphatic rings. The SMILES string of the molecule is Cc1ccc(N)cc1C(=O)N[C@H](C)C1CCCCS1. The van der Waals surface area contributed by atoms with Gasteiger partial charge in [-0.15, -0.1) is 0 Å². The number of nitrogens with one attached hydrogen (secondary N) is 1. The van der Waals surface area contributed by atoms with Crippen molar-refractivity contribution in [2.45, 2.75) is 44.4 Å². The van der Waals surface area contributed by atoms with Gasteiger partial charge in [-0.3, -0.25) is 4.79 Å². The van der Waals surface area contributed by atoms with Gasteiger partial charge in [0.15, 0.2) is 0 Å². The lowest BCUT2D eigenvalue weighted by Crippen LogP contribution is -2.40. The maximum absolute atomic E-state index is 12.3. The summed E-state index contributed by atoms with van der Waals surface area (Å²) in [7, 11) is 0. The standard InChI is InChI=1S/C15H22N2OS/c1-10-6-7-12(16)9-13(10)15(18)17-11(2)14-5-3-4-8-19-14/h6-7,9,11,14H,3-5,8,16H2,1-2H3,(H,17,18)/t11-,14?/m1/s1. The molecule has 1 unspecified atom stereocenters. The first kappa shape index (κ1) is 14.3. The molecule has 0 radical (unpaired) electrons. The molecule has 3 N–H and O–H groups in total. The Morgan fingerprint density at radius 1 is 1.47 bits per heavy atom. The topological polar surface area (TPSA) is 55.1 Å². The number of thioether (sulfide) groups is 1. The predicted molar refractivity (Wildman–Crippen MR) is 82.6 cm³/mol. The van der Waals surface area contributed by atoms with Gasteiger partial charge in [0.2, 0.25) is 0 Å². The van der Waals surface area contributed by atoms with Crippen LogP contribution in [0.15, 0.2) is 18.2 Å². The van der Waals surface area contributed by atoms with E-state index >= 15 is 0 Å². The molecule has 1 aliphatic heterocycles. The molecular weight excluding hydrogens is 256 g/mol. The molecule has 1 saturated heterocycles. The van der Waals surface area contributed by atoms with Crippen molar-refractivity contribution in [1.29, 1.82) is 0 Å². The number of nitrogen functional groups attached to an aromatic ring is 1. The van der Waals surface area contributed by atoms with E-state index in [1.807, 2.05) is 30.8 Å². The summed E-state index contributed by atoms with van der Waals surface area (Å²) in [5.41, 5.74) is 8.04. The second kappa shape index (κ2) is 6.33. The van der Waals surface area contributed by atoms with Gasteiger partial charge in [-0.25, -0.2) is 0 Å². The second-order valence-electron chi connectivity index (χ2n) is 5.24. The molecule has 0 bridgehead atoms. The zero-order valence-electron chi connectivity index (χ0n) is 11.6. The quantitative estimate of drug-likeness (QED) is 0.836. The predicted octanol–water partition coefficient (Wildman–Crippen LogP) is 2.98. The molecular formula is C15H22N2OS. The van der Waals surface area contributed by atoms with Crippen LogP contribution in [0.2, 0.25) is 0 Å².